The molecule has 0 bridgehead atoms. The van der Waals surface area contributed by atoms with Gasteiger partial charge >= 0.3 is 0 Å². The maximum absolute atomic E-state index is 9.84. The van der Waals surface area contributed by atoms with Crippen molar-refractivity contribution in [2.45, 2.75) is 39.7 Å². The van der Waals surface area contributed by atoms with Crippen molar-refractivity contribution in [3.8, 4) is 0 Å². The van der Waals surface area contributed by atoms with E-state index in [9.17, 15) is 5.11 Å². The zero-order valence-electron chi connectivity index (χ0n) is 8.88. The summed E-state index contributed by atoms with van der Waals surface area (Å²) in [6.07, 6.45) is 1.40. The fourth-order valence-electron chi connectivity index (χ4n) is 1.47. The number of hydrogen-bond donors (Lipinski definition) is 1. The summed E-state index contributed by atoms with van der Waals surface area (Å²) >= 11 is 5.11. The molecule has 0 aliphatic rings. The second-order valence-electron chi connectivity index (χ2n) is 4.85. The second-order valence-corrected chi connectivity index (χ2v) is 6.77. The normalized spacial score (nSPS) is 14.4. The molecule has 0 saturated heterocycles. The molecule has 1 rings (SSSR count). The number of aliphatic hydroxyl groups excluding tert-OH is 1. The fraction of sp³-hybridized carbons (Fsp3) is 0.636. The van der Waals surface area contributed by atoms with Crippen molar-refractivity contribution < 1.29 is 5.11 Å². The Balaban J connectivity index is 2.45. The van der Waals surface area contributed by atoms with Gasteiger partial charge in [-0.25, -0.2) is 0 Å². The van der Waals surface area contributed by atoms with E-state index in [0.717, 1.165) is 17.3 Å². The Kier molecular flexibility index (Phi) is 4.16. The molecule has 1 heterocycles. The predicted molar refractivity (Wildman–Crippen MR) is 65.8 cm³/mol. The molecule has 0 aromatic carbocycles. The van der Waals surface area contributed by atoms with E-state index in [1.807, 2.05) is 0 Å². The van der Waals surface area contributed by atoms with Crippen molar-refractivity contribution in [3.63, 3.8) is 0 Å². The summed E-state index contributed by atoms with van der Waals surface area (Å²) < 4.78 is 1.11. The number of thiophene rings is 1. The average Bonchev–Trinajstić information content (AvgIpc) is 2.30. The molecule has 1 aromatic rings. The van der Waals surface area contributed by atoms with E-state index in [0.29, 0.717) is 0 Å². The first-order chi connectivity index (χ1) is 6.37. The Labute approximate surface area is 98.3 Å². The lowest BCUT2D eigenvalue weighted by atomic mass is 9.88. The van der Waals surface area contributed by atoms with Crippen molar-refractivity contribution in [1.29, 1.82) is 0 Å². The SMILES string of the molecule is CC(C)(C)CC(O)Cc1cc(Br)cs1. The highest BCUT2D eigenvalue weighted by Gasteiger charge is 2.17. The van der Waals surface area contributed by atoms with E-state index in [1.54, 1.807) is 11.3 Å². The van der Waals surface area contributed by atoms with Crippen LogP contribution in [0.5, 0.6) is 0 Å². The largest absolute Gasteiger partial charge is 0.393 e. The third-order valence-electron chi connectivity index (χ3n) is 1.91. The van der Waals surface area contributed by atoms with Gasteiger partial charge in [-0.1, -0.05) is 20.8 Å². The lowest BCUT2D eigenvalue weighted by molar-refractivity contribution is 0.122. The van der Waals surface area contributed by atoms with Gasteiger partial charge in [-0.2, -0.15) is 0 Å². The molecule has 0 fully saturated rings. The van der Waals surface area contributed by atoms with Crippen LogP contribution in [0.15, 0.2) is 15.9 Å². The van der Waals surface area contributed by atoms with Crippen molar-refractivity contribution in [3.05, 3.63) is 20.8 Å². The first-order valence-corrected chi connectivity index (χ1v) is 6.45. The van der Waals surface area contributed by atoms with Crippen LogP contribution >= 0.6 is 27.3 Å². The predicted octanol–water partition coefficient (Wildman–Crippen LogP) is 3.85. The topological polar surface area (TPSA) is 20.2 Å². The van der Waals surface area contributed by atoms with Gasteiger partial charge in [0.2, 0.25) is 0 Å². The molecule has 3 heteroatoms. The van der Waals surface area contributed by atoms with Gasteiger partial charge in [-0.3, -0.25) is 0 Å². The Hall–Kier alpha value is 0.140. The highest BCUT2D eigenvalue weighted by molar-refractivity contribution is 9.10. The molecule has 80 valence electrons. The standard InChI is InChI=1S/C11H17BrOS/c1-11(2,3)6-9(13)5-10-4-8(12)7-14-10/h4,7,9,13H,5-6H2,1-3H3. The molecular formula is C11H17BrOS. The third-order valence-corrected chi connectivity index (χ3v) is 3.63. The molecule has 14 heavy (non-hydrogen) atoms. The summed E-state index contributed by atoms with van der Waals surface area (Å²) in [6.45, 7) is 6.46. The van der Waals surface area contributed by atoms with Crippen LogP contribution in [-0.2, 0) is 6.42 Å². The Morgan fingerprint density at radius 1 is 1.50 bits per heavy atom. The van der Waals surface area contributed by atoms with Gasteiger partial charge in [0.15, 0.2) is 0 Å². The molecule has 0 aliphatic carbocycles. The number of rotatable bonds is 3. The zero-order valence-corrected chi connectivity index (χ0v) is 11.3. The lowest BCUT2D eigenvalue weighted by Crippen LogP contribution is -2.19. The van der Waals surface area contributed by atoms with Gasteiger partial charge in [-0.05, 0) is 33.8 Å². The molecule has 0 aliphatic heterocycles. The van der Waals surface area contributed by atoms with Gasteiger partial charge in [0.1, 0.15) is 0 Å². The van der Waals surface area contributed by atoms with Crippen molar-refractivity contribution >= 4 is 27.3 Å². The highest BCUT2D eigenvalue weighted by Crippen LogP contribution is 2.25. The molecule has 1 aromatic heterocycles. The van der Waals surface area contributed by atoms with Crippen LogP contribution in [0.3, 0.4) is 0 Å². The average molecular weight is 277 g/mol. The van der Waals surface area contributed by atoms with Gasteiger partial charge in [0, 0.05) is 21.2 Å². The Morgan fingerprint density at radius 3 is 2.57 bits per heavy atom. The molecule has 1 unspecified atom stereocenters. The lowest BCUT2D eigenvalue weighted by Gasteiger charge is -2.21. The minimum Gasteiger partial charge on any atom is -0.393 e. The maximum atomic E-state index is 9.84. The van der Waals surface area contributed by atoms with Crippen molar-refractivity contribution in [1.82, 2.24) is 0 Å². The third kappa shape index (κ3) is 4.58. The van der Waals surface area contributed by atoms with Gasteiger partial charge in [0.05, 0.1) is 6.10 Å². The van der Waals surface area contributed by atoms with Crippen LogP contribution in [0, 0.1) is 5.41 Å². The summed E-state index contributed by atoms with van der Waals surface area (Å²) in [5.41, 5.74) is 0.202. The number of aliphatic hydroxyl groups is 1. The van der Waals surface area contributed by atoms with Crippen LogP contribution in [0.1, 0.15) is 32.1 Å². The minimum absolute atomic E-state index is 0.202. The first-order valence-electron chi connectivity index (χ1n) is 4.78. The van der Waals surface area contributed by atoms with Crippen molar-refractivity contribution in [2.75, 3.05) is 0 Å². The van der Waals surface area contributed by atoms with E-state index in [-0.39, 0.29) is 11.5 Å². The summed E-state index contributed by atoms with van der Waals surface area (Å²) in [4.78, 5) is 1.24. The number of hydrogen-bond acceptors (Lipinski definition) is 2. The van der Waals surface area contributed by atoms with Gasteiger partial charge < -0.3 is 5.11 Å². The van der Waals surface area contributed by atoms with Crippen LogP contribution < -0.4 is 0 Å². The summed E-state index contributed by atoms with van der Waals surface area (Å²) in [5.74, 6) is 0. The molecule has 1 atom stereocenters. The summed E-state index contributed by atoms with van der Waals surface area (Å²) in [7, 11) is 0. The fourth-order valence-corrected chi connectivity index (χ4v) is 3.00. The Morgan fingerprint density at radius 2 is 2.14 bits per heavy atom. The molecule has 0 radical (unpaired) electrons. The molecule has 1 N–H and O–H groups in total. The summed E-state index contributed by atoms with van der Waals surface area (Å²) in [5, 5.41) is 11.9. The maximum Gasteiger partial charge on any atom is 0.0593 e. The summed E-state index contributed by atoms with van der Waals surface area (Å²) in [6, 6.07) is 2.08. The molecular weight excluding hydrogens is 260 g/mol. The van der Waals surface area contributed by atoms with E-state index in [4.69, 9.17) is 0 Å². The number of halogens is 1. The highest BCUT2D eigenvalue weighted by atomic mass is 79.9. The van der Waals surface area contributed by atoms with Crippen LogP contribution in [0.2, 0.25) is 0 Å². The quantitative estimate of drug-likeness (QED) is 0.889. The molecule has 0 amide bonds. The second kappa shape index (κ2) is 4.77. The zero-order chi connectivity index (χ0) is 10.8. The molecule has 1 nitrogen and oxygen atoms in total. The van der Waals surface area contributed by atoms with Gasteiger partial charge in [-0.15, -0.1) is 11.3 Å². The van der Waals surface area contributed by atoms with Crippen LogP contribution in [-0.4, -0.2) is 11.2 Å². The van der Waals surface area contributed by atoms with Crippen LogP contribution in [0.25, 0.3) is 0 Å². The monoisotopic (exact) mass is 276 g/mol. The smallest absolute Gasteiger partial charge is 0.0593 e. The van der Waals surface area contributed by atoms with Crippen molar-refractivity contribution in [2.24, 2.45) is 5.41 Å². The first kappa shape index (κ1) is 12.2. The minimum atomic E-state index is -0.222. The molecule has 0 spiro atoms. The van der Waals surface area contributed by atoms with Gasteiger partial charge in [0.25, 0.3) is 0 Å². The van der Waals surface area contributed by atoms with E-state index in [1.165, 1.54) is 4.88 Å². The molecule has 0 saturated carbocycles. The van der Waals surface area contributed by atoms with E-state index >= 15 is 0 Å². The van der Waals surface area contributed by atoms with Crippen LogP contribution in [0.4, 0.5) is 0 Å². The Bertz CT molecular complexity index is 288. The van der Waals surface area contributed by atoms with E-state index < -0.39 is 0 Å². The van der Waals surface area contributed by atoms with E-state index in [2.05, 4.69) is 48.1 Å².